The molecule has 196 valence electrons. The van der Waals surface area contributed by atoms with Gasteiger partial charge >= 0.3 is 5.97 Å². The maximum Gasteiger partial charge on any atom is 0.305 e. The third-order valence-corrected chi connectivity index (χ3v) is 7.16. The fourth-order valence-electron chi connectivity index (χ4n) is 4.03. The van der Waals surface area contributed by atoms with Gasteiger partial charge in [0.15, 0.2) is 0 Å². The van der Waals surface area contributed by atoms with E-state index in [9.17, 15) is 13.2 Å². The molecule has 4 aromatic rings. The van der Waals surface area contributed by atoms with Crippen LogP contribution in [0.25, 0.3) is 5.69 Å². The molecular weight excluding hydrogens is 572 g/mol. The van der Waals surface area contributed by atoms with Crippen LogP contribution in [0.2, 0.25) is 0 Å². The van der Waals surface area contributed by atoms with Gasteiger partial charge in [0.05, 0.1) is 29.1 Å². The summed E-state index contributed by atoms with van der Waals surface area (Å²) in [5.74, 6) is 0.560. The van der Waals surface area contributed by atoms with Crippen LogP contribution in [-0.2, 0) is 19.6 Å². The van der Waals surface area contributed by atoms with Crippen LogP contribution in [0.1, 0.15) is 41.7 Å². The highest BCUT2D eigenvalue weighted by Crippen LogP contribution is 2.34. The van der Waals surface area contributed by atoms with Crippen LogP contribution < -0.4 is 0 Å². The maximum absolute atomic E-state index is 11.8. The summed E-state index contributed by atoms with van der Waals surface area (Å²) in [4.78, 5) is 25.9. The molecule has 0 unspecified atom stereocenters. The fraction of sp³-hybridized carbons (Fsp3) is 0.185. The standard InChI is InChI=1S/C21H19BrN4O2.C6H6O3S/c1-13-12-24-21-17(7-9-19(27)28-2)25-20(16-5-3-4-10-23-16)15-11-14(22)6-8-18(15)26(13)21;7-10(8,9)6-4-2-1-3-5-6/h3-6,8,10-12,17H,7,9H2,1-2H3;1-5H,(H,7,8,9)/t17-;/m1./s1. The number of benzene rings is 2. The molecule has 3 heterocycles. The van der Waals surface area contributed by atoms with Gasteiger partial charge in [0.25, 0.3) is 10.1 Å². The molecule has 0 spiro atoms. The molecule has 0 amide bonds. The van der Waals surface area contributed by atoms with E-state index in [1.54, 1.807) is 24.4 Å². The molecule has 11 heteroatoms. The van der Waals surface area contributed by atoms with E-state index >= 15 is 0 Å². The van der Waals surface area contributed by atoms with Gasteiger partial charge in [-0.15, -0.1) is 0 Å². The van der Waals surface area contributed by atoms with Gasteiger partial charge in [-0.25, -0.2) is 4.98 Å². The van der Waals surface area contributed by atoms with Gasteiger partial charge in [-0.1, -0.05) is 40.2 Å². The Bertz CT molecular complexity index is 1570. The van der Waals surface area contributed by atoms with Gasteiger partial charge in [-0.2, -0.15) is 8.42 Å². The number of ether oxygens (including phenoxy) is 1. The Morgan fingerprint density at radius 3 is 2.45 bits per heavy atom. The topological polar surface area (TPSA) is 124 Å². The number of imidazole rings is 1. The first-order valence-corrected chi connectivity index (χ1v) is 13.9. The number of pyridine rings is 1. The van der Waals surface area contributed by atoms with Crippen molar-refractivity contribution in [2.45, 2.75) is 30.7 Å². The predicted molar refractivity (Wildman–Crippen MR) is 146 cm³/mol. The number of rotatable bonds is 5. The number of aromatic nitrogens is 3. The van der Waals surface area contributed by atoms with Crippen molar-refractivity contribution < 1.29 is 22.5 Å². The highest BCUT2D eigenvalue weighted by Gasteiger charge is 2.28. The Hall–Kier alpha value is -3.67. The van der Waals surface area contributed by atoms with Crippen molar-refractivity contribution in [1.29, 1.82) is 0 Å². The van der Waals surface area contributed by atoms with Crippen LogP contribution in [0.4, 0.5) is 0 Å². The lowest BCUT2D eigenvalue weighted by Gasteiger charge is -2.14. The Kier molecular flexibility index (Phi) is 8.50. The summed E-state index contributed by atoms with van der Waals surface area (Å²) in [7, 11) is -2.60. The zero-order valence-electron chi connectivity index (χ0n) is 20.7. The monoisotopic (exact) mass is 596 g/mol. The number of esters is 1. The second-order valence-corrected chi connectivity index (χ2v) is 10.7. The van der Waals surface area contributed by atoms with E-state index in [1.165, 1.54) is 19.2 Å². The van der Waals surface area contributed by atoms with Crippen LogP contribution >= 0.6 is 15.9 Å². The lowest BCUT2D eigenvalue weighted by Crippen LogP contribution is -2.09. The summed E-state index contributed by atoms with van der Waals surface area (Å²) < 4.78 is 37.1. The molecule has 5 rings (SSSR count). The molecule has 1 aliphatic rings. The average Bonchev–Trinajstić information content (AvgIpc) is 3.23. The molecule has 0 bridgehead atoms. The van der Waals surface area contributed by atoms with Crippen molar-refractivity contribution in [3.63, 3.8) is 0 Å². The second kappa shape index (κ2) is 11.8. The van der Waals surface area contributed by atoms with Crippen molar-refractivity contribution in [2.24, 2.45) is 4.99 Å². The Labute approximate surface area is 229 Å². The molecule has 9 nitrogen and oxygen atoms in total. The van der Waals surface area contributed by atoms with Crippen molar-refractivity contribution in [2.75, 3.05) is 7.11 Å². The number of hydrogen-bond donors (Lipinski definition) is 1. The van der Waals surface area contributed by atoms with E-state index in [1.807, 2.05) is 37.4 Å². The maximum atomic E-state index is 11.8. The molecule has 1 N–H and O–H groups in total. The van der Waals surface area contributed by atoms with E-state index in [4.69, 9.17) is 14.3 Å². The van der Waals surface area contributed by atoms with Gasteiger partial charge in [-0.05, 0) is 55.8 Å². The lowest BCUT2D eigenvalue weighted by molar-refractivity contribution is -0.140. The van der Waals surface area contributed by atoms with Crippen LogP contribution in [0, 0.1) is 6.92 Å². The molecule has 38 heavy (non-hydrogen) atoms. The molecule has 2 aromatic carbocycles. The molecular formula is C27H25BrN4O5S. The smallest absolute Gasteiger partial charge is 0.305 e. The molecule has 0 fully saturated rings. The number of methoxy groups -OCH3 is 1. The van der Waals surface area contributed by atoms with E-state index in [0.717, 1.165) is 38.6 Å². The number of fused-ring (bicyclic) bond motifs is 3. The Balaban J connectivity index is 0.000000283. The summed E-state index contributed by atoms with van der Waals surface area (Å²) in [6, 6.07) is 19.0. The first-order valence-electron chi connectivity index (χ1n) is 11.6. The second-order valence-electron chi connectivity index (χ2n) is 8.37. The first kappa shape index (κ1) is 27.4. The minimum absolute atomic E-state index is 0.0741. The van der Waals surface area contributed by atoms with E-state index in [-0.39, 0.29) is 23.3 Å². The minimum atomic E-state index is -4.00. The molecule has 0 aliphatic carbocycles. The van der Waals surface area contributed by atoms with Crippen molar-refractivity contribution in [3.05, 3.63) is 106 Å². The number of halogens is 1. The first-order chi connectivity index (χ1) is 18.2. The average molecular weight is 597 g/mol. The minimum Gasteiger partial charge on any atom is -0.469 e. The third kappa shape index (κ3) is 6.24. The van der Waals surface area contributed by atoms with Crippen molar-refractivity contribution in [1.82, 2.24) is 14.5 Å². The number of aliphatic imine (C=N–C) groups is 1. The number of carbonyl (C=O) groups excluding carboxylic acids is 1. The Morgan fingerprint density at radius 1 is 1.08 bits per heavy atom. The highest BCUT2D eigenvalue weighted by atomic mass is 79.9. The fourth-order valence-corrected chi connectivity index (χ4v) is 4.89. The van der Waals surface area contributed by atoms with Crippen LogP contribution in [-0.4, -0.2) is 46.3 Å². The largest absolute Gasteiger partial charge is 0.469 e. The number of hydrogen-bond acceptors (Lipinski definition) is 7. The SMILES string of the molecule is COC(=O)CC[C@H]1N=C(c2ccccn2)c2cc(Br)ccc2-n2c(C)cnc21.O=S(=O)(O)c1ccccc1. The van der Waals surface area contributed by atoms with Gasteiger partial charge < -0.3 is 4.74 Å². The van der Waals surface area contributed by atoms with Crippen molar-refractivity contribution >= 4 is 37.7 Å². The quantitative estimate of drug-likeness (QED) is 0.250. The number of nitrogens with zero attached hydrogens (tertiary/aromatic N) is 4. The summed E-state index contributed by atoms with van der Waals surface area (Å²) >= 11 is 3.58. The van der Waals surface area contributed by atoms with Gasteiger partial charge in [0.1, 0.15) is 11.9 Å². The predicted octanol–water partition coefficient (Wildman–Crippen LogP) is 5.12. The molecule has 1 aliphatic heterocycles. The van der Waals surface area contributed by atoms with E-state index in [0.29, 0.717) is 6.42 Å². The molecule has 0 radical (unpaired) electrons. The van der Waals surface area contributed by atoms with E-state index < -0.39 is 10.1 Å². The van der Waals surface area contributed by atoms with Gasteiger partial charge in [0, 0.05) is 34.5 Å². The summed E-state index contributed by atoms with van der Waals surface area (Å²) in [5.41, 5.74) is 4.55. The molecule has 0 saturated carbocycles. The third-order valence-electron chi connectivity index (χ3n) is 5.80. The van der Waals surface area contributed by atoms with Crippen LogP contribution in [0.3, 0.4) is 0 Å². The summed E-state index contributed by atoms with van der Waals surface area (Å²) in [6.45, 7) is 2.02. The van der Waals surface area contributed by atoms with Crippen molar-refractivity contribution in [3.8, 4) is 5.69 Å². The molecule has 0 saturated heterocycles. The van der Waals surface area contributed by atoms with Crippen LogP contribution in [0.15, 0.2) is 93.5 Å². The lowest BCUT2D eigenvalue weighted by atomic mass is 10.0. The zero-order valence-corrected chi connectivity index (χ0v) is 23.1. The summed E-state index contributed by atoms with van der Waals surface area (Å²) in [6.07, 6.45) is 4.38. The highest BCUT2D eigenvalue weighted by molar-refractivity contribution is 9.10. The normalized spacial score (nSPS) is 14.2. The van der Waals surface area contributed by atoms with Crippen LogP contribution in [0.5, 0.6) is 0 Å². The van der Waals surface area contributed by atoms with E-state index in [2.05, 4.69) is 42.6 Å². The molecule has 2 aromatic heterocycles. The summed E-state index contributed by atoms with van der Waals surface area (Å²) in [5, 5.41) is 0. The van der Waals surface area contributed by atoms with Gasteiger partial charge in [0.2, 0.25) is 0 Å². The molecule has 1 atom stereocenters. The zero-order chi connectivity index (χ0) is 27.3. The number of aryl methyl sites for hydroxylation is 1. The Morgan fingerprint density at radius 2 is 1.82 bits per heavy atom. The van der Waals surface area contributed by atoms with Gasteiger partial charge in [-0.3, -0.25) is 23.9 Å². The number of carbonyl (C=O) groups is 1.